The molecule has 3 rings (SSSR count). The topological polar surface area (TPSA) is 78.8 Å². The van der Waals surface area contributed by atoms with Crippen LogP contribution < -0.4 is 5.43 Å². The molecule has 6 nitrogen and oxygen atoms in total. The molecule has 1 N–H and O–H groups in total. The average molecular weight is 392 g/mol. The molecule has 2 aromatic rings. The SMILES string of the molecule is Cc1ccsc1/C=N\NC(=O)c1cccc(S(=O)(=O)N2CCCCC2)c1. The first-order valence-electron chi connectivity index (χ1n) is 8.46. The maximum Gasteiger partial charge on any atom is 0.271 e. The fourth-order valence-corrected chi connectivity index (χ4v) is 5.13. The summed E-state index contributed by atoms with van der Waals surface area (Å²) in [5, 5.41) is 5.91. The van der Waals surface area contributed by atoms with E-state index < -0.39 is 15.9 Å². The van der Waals surface area contributed by atoms with Crippen LogP contribution in [0.3, 0.4) is 0 Å². The number of carbonyl (C=O) groups excluding carboxylic acids is 1. The van der Waals surface area contributed by atoms with Crippen LogP contribution in [0, 0.1) is 6.92 Å². The number of nitrogens with one attached hydrogen (secondary N) is 1. The van der Waals surface area contributed by atoms with Gasteiger partial charge in [0.15, 0.2) is 0 Å². The highest BCUT2D eigenvalue weighted by Crippen LogP contribution is 2.21. The summed E-state index contributed by atoms with van der Waals surface area (Å²) in [7, 11) is -3.56. The maximum absolute atomic E-state index is 12.7. The Morgan fingerprint density at radius 1 is 1.23 bits per heavy atom. The van der Waals surface area contributed by atoms with E-state index in [9.17, 15) is 13.2 Å². The third kappa shape index (κ3) is 4.20. The first-order chi connectivity index (χ1) is 12.5. The van der Waals surface area contributed by atoms with Gasteiger partial charge in [0.25, 0.3) is 5.91 Å². The molecule has 1 fully saturated rings. The Labute approximate surface area is 157 Å². The zero-order valence-corrected chi connectivity index (χ0v) is 16.1. The van der Waals surface area contributed by atoms with Gasteiger partial charge in [-0.05, 0) is 55.0 Å². The molecule has 0 radical (unpaired) electrons. The third-order valence-electron chi connectivity index (χ3n) is 4.30. The van der Waals surface area contributed by atoms with E-state index in [0.29, 0.717) is 13.1 Å². The summed E-state index contributed by atoms with van der Waals surface area (Å²) in [6, 6.07) is 8.07. The van der Waals surface area contributed by atoms with Gasteiger partial charge in [-0.25, -0.2) is 13.8 Å². The van der Waals surface area contributed by atoms with Crippen molar-refractivity contribution in [1.82, 2.24) is 9.73 Å². The van der Waals surface area contributed by atoms with Crippen molar-refractivity contribution in [2.24, 2.45) is 5.10 Å². The Hall–Kier alpha value is -2.03. The van der Waals surface area contributed by atoms with Gasteiger partial charge in [-0.3, -0.25) is 4.79 Å². The van der Waals surface area contributed by atoms with Crippen LogP contribution in [0.25, 0.3) is 0 Å². The molecule has 1 aliphatic rings. The summed E-state index contributed by atoms with van der Waals surface area (Å²) in [6.07, 6.45) is 4.38. The number of rotatable bonds is 5. The van der Waals surface area contributed by atoms with Crippen LogP contribution >= 0.6 is 11.3 Å². The quantitative estimate of drug-likeness (QED) is 0.629. The van der Waals surface area contributed by atoms with Crippen LogP contribution in [-0.4, -0.2) is 37.9 Å². The Bertz CT molecular complexity index is 913. The molecule has 1 saturated heterocycles. The summed E-state index contributed by atoms with van der Waals surface area (Å²) in [5.41, 5.74) is 3.80. The Balaban J connectivity index is 1.73. The fraction of sp³-hybridized carbons (Fsp3) is 0.333. The van der Waals surface area contributed by atoms with Crippen molar-refractivity contribution in [3.05, 3.63) is 51.7 Å². The highest BCUT2D eigenvalue weighted by molar-refractivity contribution is 7.89. The fourth-order valence-electron chi connectivity index (χ4n) is 2.78. The third-order valence-corrected chi connectivity index (χ3v) is 7.15. The molecular weight excluding hydrogens is 370 g/mol. The van der Waals surface area contributed by atoms with Crippen molar-refractivity contribution in [3.8, 4) is 0 Å². The standard InChI is InChI=1S/C18H21N3O3S2/c1-14-8-11-25-17(14)13-19-20-18(22)15-6-5-7-16(12-15)26(23,24)21-9-3-2-4-10-21/h5-8,11-13H,2-4,9-10H2,1H3,(H,20,22)/b19-13-. The van der Waals surface area contributed by atoms with E-state index in [-0.39, 0.29) is 10.5 Å². The number of hydrogen-bond acceptors (Lipinski definition) is 5. The van der Waals surface area contributed by atoms with Gasteiger partial charge in [0.05, 0.1) is 11.1 Å². The molecule has 0 unspecified atom stereocenters. The molecule has 0 spiro atoms. The first-order valence-corrected chi connectivity index (χ1v) is 10.8. The second kappa shape index (κ2) is 8.11. The predicted octanol–water partition coefficient (Wildman–Crippen LogP) is 3.00. The number of amides is 1. The number of piperidine rings is 1. The average Bonchev–Trinajstić information content (AvgIpc) is 3.07. The molecule has 26 heavy (non-hydrogen) atoms. The van der Waals surface area contributed by atoms with Crippen molar-refractivity contribution >= 4 is 33.5 Å². The lowest BCUT2D eigenvalue weighted by molar-refractivity contribution is 0.0955. The minimum Gasteiger partial charge on any atom is -0.267 e. The summed E-state index contributed by atoms with van der Waals surface area (Å²) < 4.78 is 27.0. The van der Waals surface area contributed by atoms with E-state index in [1.54, 1.807) is 18.3 Å². The molecular formula is C18H21N3O3S2. The molecule has 0 bridgehead atoms. The van der Waals surface area contributed by atoms with E-state index in [1.807, 2.05) is 18.4 Å². The number of aryl methyl sites for hydroxylation is 1. The van der Waals surface area contributed by atoms with Gasteiger partial charge in [0, 0.05) is 23.5 Å². The Morgan fingerprint density at radius 3 is 2.69 bits per heavy atom. The first kappa shape index (κ1) is 18.8. The van der Waals surface area contributed by atoms with Crippen molar-refractivity contribution in [2.45, 2.75) is 31.1 Å². The molecule has 1 aromatic carbocycles. The van der Waals surface area contributed by atoms with Crippen molar-refractivity contribution in [1.29, 1.82) is 0 Å². The van der Waals surface area contributed by atoms with Crippen LogP contribution in [0.15, 0.2) is 45.7 Å². The van der Waals surface area contributed by atoms with Crippen LogP contribution in [0.1, 0.15) is 40.1 Å². The maximum atomic E-state index is 12.7. The molecule has 0 atom stereocenters. The summed E-state index contributed by atoms with van der Waals surface area (Å²) in [6.45, 7) is 3.03. The predicted molar refractivity (Wildman–Crippen MR) is 103 cm³/mol. The molecule has 8 heteroatoms. The lowest BCUT2D eigenvalue weighted by atomic mass is 10.2. The van der Waals surface area contributed by atoms with Gasteiger partial charge < -0.3 is 0 Å². The van der Waals surface area contributed by atoms with E-state index in [0.717, 1.165) is 29.7 Å². The van der Waals surface area contributed by atoms with E-state index in [1.165, 1.54) is 27.8 Å². The summed E-state index contributed by atoms with van der Waals surface area (Å²) >= 11 is 1.53. The normalized spacial score (nSPS) is 16.0. The molecule has 1 aromatic heterocycles. The largest absolute Gasteiger partial charge is 0.271 e. The van der Waals surface area contributed by atoms with Crippen LogP contribution in [-0.2, 0) is 10.0 Å². The lowest BCUT2D eigenvalue weighted by Crippen LogP contribution is -2.35. The van der Waals surface area contributed by atoms with Crippen molar-refractivity contribution < 1.29 is 13.2 Å². The number of benzene rings is 1. The van der Waals surface area contributed by atoms with Gasteiger partial charge in [0.1, 0.15) is 0 Å². The molecule has 1 amide bonds. The van der Waals surface area contributed by atoms with Gasteiger partial charge in [-0.1, -0.05) is 12.5 Å². The Kier molecular flexibility index (Phi) is 5.85. The Morgan fingerprint density at radius 2 is 2.00 bits per heavy atom. The van der Waals surface area contributed by atoms with Crippen LogP contribution in [0.4, 0.5) is 0 Å². The second-order valence-corrected chi connectivity index (χ2v) is 9.05. The lowest BCUT2D eigenvalue weighted by Gasteiger charge is -2.25. The number of sulfonamides is 1. The minimum absolute atomic E-state index is 0.144. The number of hydrogen-bond donors (Lipinski definition) is 1. The monoisotopic (exact) mass is 391 g/mol. The highest BCUT2D eigenvalue weighted by Gasteiger charge is 2.26. The number of hydrazone groups is 1. The zero-order valence-electron chi connectivity index (χ0n) is 14.5. The molecule has 2 heterocycles. The van der Waals surface area contributed by atoms with Gasteiger partial charge in [-0.15, -0.1) is 11.3 Å². The summed E-state index contributed by atoms with van der Waals surface area (Å²) in [4.78, 5) is 13.4. The van der Waals surface area contributed by atoms with Crippen LogP contribution in [0.2, 0.25) is 0 Å². The molecule has 1 aliphatic heterocycles. The van der Waals surface area contributed by atoms with Gasteiger partial charge in [-0.2, -0.15) is 9.41 Å². The number of thiophene rings is 1. The molecule has 0 saturated carbocycles. The smallest absolute Gasteiger partial charge is 0.267 e. The minimum atomic E-state index is -3.56. The number of carbonyl (C=O) groups is 1. The highest BCUT2D eigenvalue weighted by atomic mass is 32.2. The van der Waals surface area contributed by atoms with Crippen molar-refractivity contribution in [2.75, 3.05) is 13.1 Å². The summed E-state index contributed by atoms with van der Waals surface area (Å²) in [5.74, 6) is -0.439. The van der Waals surface area contributed by atoms with Gasteiger partial charge in [0.2, 0.25) is 10.0 Å². The van der Waals surface area contributed by atoms with Crippen molar-refractivity contribution in [3.63, 3.8) is 0 Å². The van der Waals surface area contributed by atoms with Crippen LogP contribution in [0.5, 0.6) is 0 Å². The molecule has 138 valence electrons. The second-order valence-electron chi connectivity index (χ2n) is 6.16. The van der Waals surface area contributed by atoms with E-state index >= 15 is 0 Å². The van der Waals surface area contributed by atoms with Gasteiger partial charge >= 0.3 is 0 Å². The zero-order chi connectivity index (χ0) is 18.6. The molecule has 0 aliphatic carbocycles. The number of nitrogens with zero attached hydrogens (tertiary/aromatic N) is 2. The van der Waals surface area contributed by atoms with E-state index in [2.05, 4.69) is 10.5 Å². The van der Waals surface area contributed by atoms with E-state index in [4.69, 9.17) is 0 Å².